The van der Waals surface area contributed by atoms with Gasteiger partial charge in [-0.3, -0.25) is 4.79 Å². The molecule has 7 heteroatoms. The first-order valence-electron chi connectivity index (χ1n) is 9.86. The molecule has 29 heavy (non-hydrogen) atoms. The molecule has 0 unspecified atom stereocenters. The van der Waals surface area contributed by atoms with Crippen molar-refractivity contribution in [1.29, 1.82) is 0 Å². The maximum absolute atomic E-state index is 13.2. The van der Waals surface area contributed by atoms with Crippen molar-refractivity contribution in [1.82, 2.24) is 9.66 Å². The van der Waals surface area contributed by atoms with Crippen LogP contribution in [0.5, 0.6) is 11.5 Å². The molecule has 148 valence electrons. The van der Waals surface area contributed by atoms with E-state index in [1.54, 1.807) is 12.3 Å². The third-order valence-corrected chi connectivity index (χ3v) is 6.24. The van der Waals surface area contributed by atoms with Crippen LogP contribution in [0.3, 0.4) is 0 Å². The fraction of sp³-hybridized carbons (Fsp3) is 0.318. The first-order chi connectivity index (χ1) is 14.2. The zero-order chi connectivity index (χ0) is 19.8. The Labute approximate surface area is 176 Å². The average molecular weight is 454 g/mol. The van der Waals surface area contributed by atoms with Gasteiger partial charge in [-0.2, -0.15) is 9.78 Å². The molecule has 0 atom stereocenters. The van der Waals surface area contributed by atoms with E-state index in [2.05, 4.69) is 21.0 Å². The Balaban J connectivity index is 1.62. The molecule has 1 aliphatic carbocycles. The van der Waals surface area contributed by atoms with E-state index in [0.29, 0.717) is 16.9 Å². The Morgan fingerprint density at radius 1 is 1.10 bits per heavy atom. The topological polar surface area (TPSA) is 65.7 Å². The van der Waals surface area contributed by atoms with Crippen LogP contribution >= 0.6 is 15.9 Å². The van der Waals surface area contributed by atoms with Gasteiger partial charge in [-0.05, 0) is 53.0 Å². The molecule has 2 aliphatic rings. The molecule has 1 saturated carbocycles. The Hall–Kier alpha value is -2.67. The molecule has 5 rings (SSSR count). The summed E-state index contributed by atoms with van der Waals surface area (Å²) in [6, 6.07) is 11.2. The van der Waals surface area contributed by atoms with Crippen LogP contribution in [-0.4, -0.2) is 22.7 Å². The maximum Gasteiger partial charge on any atom is 0.282 e. The van der Waals surface area contributed by atoms with Crippen LogP contribution in [-0.2, 0) is 0 Å². The van der Waals surface area contributed by atoms with Crippen molar-refractivity contribution in [3.05, 3.63) is 62.6 Å². The molecule has 0 amide bonds. The molecular weight excluding hydrogens is 434 g/mol. The lowest BCUT2D eigenvalue weighted by Gasteiger charge is -2.22. The van der Waals surface area contributed by atoms with Crippen molar-refractivity contribution in [3.63, 3.8) is 0 Å². The second kappa shape index (κ2) is 7.63. The molecule has 0 N–H and O–H groups in total. The van der Waals surface area contributed by atoms with Crippen LogP contribution in [0.25, 0.3) is 10.9 Å². The van der Waals surface area contributed by atoms with E-state index in [4.69, 9.17) is 14.5 Å². The van der Waals surface area contributed by atoms with E-state index in [1.165, 1.54) is 11.1 Å². The van der Waals surface area contributed by atoms with Crippen molar-refractivity contribution in [2.24, 2.45) is 5.10 Å². The van der Waals surface area contributed by atoms with Gasteiger partial charge in [0.15, 0.2) is 11.5 Å². The first kappa shape index (κ1) is 18.4. The minimum Gasteiger partial charge on any atom is -0.454 e. The highest BCUT2D eigenvalue weighted by Crippen LogP contribution is 2.36. The quantitative estimate of drug-likeness (QED) is 0.533. The van der Waals surface area contributed by atoms with Crippen molar-refractivity contribution in [3.8, 4) is 11.5 Å². The molecule has 0 saturated heterocycles. The predicted molar refractivity (Wildman–Crippen MR) is 115 cm³/mol. The molecule has 0 bridgehead atoms. The lowest BCUT2D eigenvalue weighted by molar-refractivity contribution is 0.174. The fourth-order valence-electron chi connectivity index (χ4n) is 4.03. The van der Waals surface area contributed by atoms with E-state index >= 15 is 0 Å². The number of aromatic nitrogens is 2. The van der Waals surface area contributed by atoms with Gasteiger partial charge in [0.25, 0.3) is 5.56 Å². The molecule has 1 aliphatic heterocycles. The van der Waals surface area contributed by atoms with Crippen LogP contribution in [0.1, 0.15) is 49.4 Å². The molecule has 3 aromatic rings. The summed E-state index contributed by atoms with van der Waals surface area (Å²) in [6.07, 6.45) is 7.30. The molecule has 1 aromatic heterocycles. The summed E-state index contributed by atoms with van der Waals surface area (Å²) >= 11 is 3.55. The van der Waals surface area contributed by atoms with Gasteiger partial charge in [0.1, 0.15) is 5.82 Å². The van der Waals surface area contributed by atoms with Gasteiger partial charge >= 0.3 is 0 Å². The normalized spacial score (nSPS) is 16.7. The van der Waals surface area contributed by atoms with E-state index in [1.807, 2.05) is 30.3 Å². The fourth-order valence-corrected chi connectivity index (χ4v) is 4.45. The first-order valence-corrected chi connectivity index (χ1v) is 10.7. The number of rotatable bonds is 3. The standard InChI is InChI=1S/C22H20BrN3O3/c23-17-11-20-19(28-13-29-20)10-15(17)12-24-26-21(14-6-2-1-3-7-14)25-18-9-5-4-8-16(18)22(26)27/h4-5,8-12,14H,1-3,6-7,13H2. The monoisotopic (exact) mass is 453 g/mol. The number of hydrogen-bond acceptors (Lipinski definition) is 5. The van der Waals surface area contributed by atoms with Crippen molar-refractivity contribution in [2.45, 2.75) is 38.0 Å². The summed E-state index contributed by atoms with van der Waals surface area (Å²) in [5, 5.41) is 5.16. The van der Waals surface area contributed by atoms with E-state index in [-0.39, 0.29) is 18.3 Å². The van der Waals surface area contributed by atoms with Gasteiger partial charge < -0.3 is 9.47 Å². The predicted octanol–water partition coefficient (Wildman–Crippen LogP) is 4.82. The molecule has 2 heterocycles. The highest BCUT2D eigenvalue weighted by molar-refractivity contribution is 9.10. The van der Waals surface area contributed by atoms with Crippen LogP contribution in [0.2, 0.25) is 0 Å². The lowest BCUT2D eigenvalue weighted by Crippen LogP contribution is -2.25. The van der Waals surface area contributed by atoms with Gasteiger partial charge in [0.05, 0.1) is 17.1 Å². The minimum absolute atomic E-state index is 0.135. The second-order valence-corrected chi connectivity index (χ2v) is 8.26. The van der Waals surface area contributed by atoms with Crippen LogP contribution < -0.4 is 15.0 Å². The number of nitrogens with zero attached hydrogens (tertiary/aromatic N) is 3. The van der Waals surface area contributed by atoms with Gasteiger partial charge in [-0.15, -0.1) is 0 Å². The number of fused-ring (bicyclic) bond motifs is 2. The van der Waals surface area contributed by atoms with Crippen LogP contribution in [0, 0.1) is 0 Å². The molecule has 2 aromatic carbocycles. The Morgan fingerprint density at radius 3 is 2.69 bits per heavy atom. The Morgan fingerprint density at radius 2 is 1.86 bits per heavy atom. The van der Waals surface area contributed by atoms with Crippen molar-refractivity contribution < 1.29 is 9.47 Å². The van der Waals surface area contributed by atoms with E-state index < -0.39 is 0 Å². The highest BCUT2D eigenvalue weighted by atomic mass is 79.9. The molecule has 6 nitrogen and oxygen atoms in total. The second-order valence-electron chi connectivity index (χ2n) is 7.41. The number of ether oxygens (including phenoxy) is 2. The molecule has 0 radical (unpaired) electrons. The summed E-state index contributed by atoms with van der Waals surface area (Å²) in [7, 11) is 0. The Bertz CT molecular complexity index is 1170. The molecule has 0 spiro atoms. The average Bonchev–Trinajstić information content (AvgIpc) is 3.20. The number of halogens is 1. The summed E-state index contributed by atoms with van der Waals surface area (Å²) in [5.74, 6) is 2.37. The van der Waals surface area contributed by atoms with Gasteiger partial charge in [-0.25, -0.2) is 4.98 Å². The van der Waals surface area contributed by atoms with Crippen molar-refractivity contribution in [2.75, 3.05) is 6.79 Å². The van der Waals surface area contributed by atoms with Crippen LogP contribution in [0.4, 0.5) is 0 Å². The van der Waals surface area contributed by atoms with Crippen LogP contribution in [0.15, 0.2) is 50.8 Å². The zero-order valence-corrected chi connectivity index (χ0v) is 17.4. The highest BCUT2D eigenvalue weighted by Gasteiger charge is 2.22. The summed E-state index contributed by atoms with van der Waals surface area (Å²) in [6.45, 7) is 0.211. The van der Waals surface area contributed by atoms with Gasteiger partial charge in [0, 0.05) is 16.0 Å². The lowest BCUT2D eigenvalue weighted by atomic mass is 9.88. The van der Waals surface area contributed by atoms with E-state index in [9.17, 15) is 4.79 Å². The number of hydrogen-bond donors (Lipinski definition) is 0. The minimum atomic E-state index is -0.135. The van der Waals surface area contributed by atoms with E-state index in [0.717, 1.165) is 47.1 Å². The van der Waals surface area contributed by atoms with Gasteiger partial charge in [0.2, 0.25) is 6.79 Å². The number of para-hydroxylation sites is 1. The molecular formula is C22H20BrN3O3. The van der Waals surface area contributed by atoms with Gasteiger partial charge in [-0.1, -0.05) is 31.4 Å². The Kier molecular flexibility index (Phi) is 4.83. The zero-order valence-electron chi connectivity index (χ0n) is 15.8. The smallest absolute Gasteiger partial charge is 0.282 e. The molecule has 1 fully saturated rings. The third-order valence-electron chi connectivity index (χ3n) is 5.55. The summed E-state index contributed by atoms with van der Waals surface area (Å²) < 4.78 is 13.2. The SMILES string of the molecule is O=c1c2ccccc2nc(C2CCCCC2)n1N=Cc1cc2c(cc1Br)OCO2. The summed E-state index contributed by atoms with van der Waals surface area (Å²) in [5.41, 5.74) is 1.40. The maximum atomic E-state index is 13.2. The number of benzene rings is 2. The largest absolute Gasteiger partial charge is 0.454 e. The van der Waals surface area contributed by atoms with Crippen molar-refractivity contribution >= 4 is 33.0 Å². The summed E-state index contributed by atoms with van der Waals surface area (Å²) in [4.78, 5) is 18.1. The third kappa shape index (κ3) is 3.44.